The molecule has 1 aromatic carbocycles. The summed E-state index contributed by atoms with van der Waals surface area (Å²) < 4.78 is 4.94. The lowest BCUT2D eigenvalue weighted by molar-refractivity contribution is 0.0721. The molecule has 23 heavy (non-hydrogen) atoms. The number of carbonyl (C=O) groups is 1. The van der Waals surface area contributed by atoms with Crippen LogP contribution in [0, 0.1) is 0 Å². The fourth-order valence-corrected chi connectivity index (χ4v) is 3.38. The maximum Gasteiger partial charge on any atom is 0.316 e. The van der Waals surface area contributed by atoms with Crippen LogP contribution in [0.2, 0.25) is 0 Å². The molecule has 1 heterocycles. The molecule has 1 amide bonds. The predicted octanol–water partition coefficient (Wildman–Crippen LogP) is 2.89. The van der Waals surface area contributed by atoms with E-state index in [1.54, 1.807) is 0 Å². The summed E-state index contributed by atoms with van der Waals surface area (Å²) in [5.41, 5.74) is 1.80. The number of nitrogens with zero attached hydrogens (tertiary/aromatic N) is 3. The van der Waals surface area contributed by atoms with E-state index in [4.69, 9.17) is 4.74 Å². The van der Waals surface area contributed by atoms with E-state index < -0.39 is 0 Å². The zero-order chi connectivity index (χ0) is 16.2. The zero-order valence-electron chi connectivity index (χ0n) is 13.5. The first-order valence-corrected chi connectivity index (χ1v) is 7.89. The van der Waals surface area contributed by atoms with Gasteiger partial charge in [-0.2, -0.15) is 0 Å². The van der Waals surface area contributed by atoms with Crippen molar-refractivity contribution in [3.05, 3.63) is 53.9 Å². The molecule has 0 radical (unpaired) electrons. The van der Waals surface area contributed by atoms with Gasteiger partial charge in [0.05, 0.1) is 12.7 Å². The van der Waals surface area contributed by atoms with E-state index in [1.165, 1.54) is 25.1 Å². The summed E-state index contributed by atoms with van der Waals surface area (Å²) in [7, 11) is 3.38. The molecule has 0 saturated heterocycles. The number of hydrogen-bond acceptors (Lipinski definition) is 4. The Bertz CT molecular complexity index is 658. The monoisotopic (exact) mass is 311 g/mol. The third-order valence-corrected chi connectivity index (χ3v) is 4.58. The second kappa shape index (κ2) is 6.77. The van der Waals surface area contributed by atoms with Crippen molar-refractivity contribution in [3.63, 3.8) is 0 Å². The number of amides is 1. The molecule has 2 aromatic rings. The number of likely N-dealkylation sites (N-methyl/N-ethyl adjacent to an activating group) is 1. The molecule has 120 valence electrons. The standard InChI is InChI=1S/C18H21N3O2/c1-21(17(22)14-11-19-18(23-2)20-12-14)16-10-6-9-15(16)13-7-4-3-5-8-13/h3-5,7-8,11-12,15-16H,6,9-10H2,1-2H3. The van der Waals surface area contributed by atoms with Crippen molar-refractivity contribution in [2.75, 3.05) is 14.2 Å². The zero-order valence-corrected chi connectivity index (χ0v) is 13.5. The van der Waals surface area contributed by atoms with Crippen molar-refractivity contribution >= 4 is 5.91 Å². The molecule has 1 fully saturated rings. The van der Waals surface area contributed by atoms with Gasteiger partial charge in [0.2, 0.25) is 0 Å². The maximum absolute atomic E-state index is 12.7. The first-order chi connectivity index (χ1) is 11.2. The van der Waals surface area contributed by atoms with Crippen LogP contribution in [0.3, 0.4) is 0 Å². The lowest BCUT2D eigenvalue weighted by Crippen LogP contribution is -2.38. The molecule has 5 nitrogen and oxygen atoms in total. The summed E-state index contributed by atoms with van der Waals surface area (Å²) in [6.07, 6.45) is 6.33. The van der Waals surface area contributed by atoms with Gasteiger partial charge in [0, 0.05) is 31.4 Å². The van der Waals surface area contributed by atoms with Crippen LogP contribution in [0.4, 0.5) is 0 Å². The molecule has 2 unspecified atom stereocenters. The molecular weight excluding hydrogens is 290 g/mol. The van der Waals surface area contributed by atoms with Gasteiger partial charge in [-0.25, -0.2) is 9.97 Å². The Morgan fingerprint density at radius 1 is 1.17 bits per heavy atom. The Balaban J connectivity index is 1.78. The van der Waals surface area contributed by atoms with Crippen molar-refractivity contribution < 1.29 is 9.53 Å². The molecule has 5 heteroatoms. The summed E-state index contributed by atoms with van der Waals surface area (Å²) in [5.74, 6) is 0.352. The number of ether oxygens (including phenoxy) is 1. The highest BCUT2D eigenvalue weighted by molar-refractivity contribution is 5.93. The van der Waals surface area contributed by atoms with Crippen molar-refractivity contribution in [2.24, 2.45) is 0 Å². The number of rotatable bonds is 4. The normalized spacial score (nSPS) is 20.3. The molecular formula is C18H21N3O2. The van der Waals surface area contributed by atoms with E-state index >= 15 is 0 Å². The van der Waals surface area contributed by atoms with Gasteiger partial charge in [0.25, 0.3) is 5.91 Å². The predicted molar refractivity (Wildman–Crippen MR) is 87.5 cm³/mol. The van der Waals surface area contributed by atoms with Crippen molar-refractivity contribution in [1.82, 2.24) is 14.9 Å². The summed E-state index contributed by atoms with van der Waals surface area (Å²) in [6.45, 7) is 0. The van der Waals surface area contributed by atoms with Gasteiger partial charge in [-0.05, 0) is 18.4 Å². The van der Waals surface area contributed by atoms with Gasteiger partial charge >= 0.3 is 6.01 Å². The Hall–Kier alpha value is -2.43. The molecule has 0 bridgehead atoms. The van der Waals surface area contributed by atoms with E-state index in [0.717, 1.165) is 19.3 Å². The molecule has 1 saturated carbocycles. The fourth-order valence-electron chi connectivity index (χ4n) is 3.38. The molecule has 1 aliphatic carbocycles. The lowest BCUT2D eigenvalue weighted by Gasteiger charge is -2.30. The van der Waals surface area contributed by atoms with Gasteiger partial charge < -0.3 is 9.64 Å². The Labute approximate surface area is 136 Å². The minimum absolute atomic E-state index is 0.0412. The number of carbonyl (C=O) groups excluding carboxylic acids is 1. The third kappa shape index (κ3) is 3.18. The first-order valence-electron chi connectivity index (χ1n) is 7.89. The minimum atomic E-state index is -0.0412. The van der Waals surface area contributed by atoms with Crippen LogP contribution in [0.1, 0.15) is 41.1 Å². The highest BCUT2D eigenvalue weighted by Crippen LogP contribution is 2.37. The maximum atomic E-state index is 12.7. The van der Waals surface area contributed by atoms with Gasteiger partial charge in [0.15, 0.2) is 0 Å². The largest absolute Gasteiger partial charge is 0.467 e. The first kappa shape index (κ1) is 15.5. The van der Waals surface area contributed by atoms with Crippen LogP contribution in [0.5, 0.6) is 6.01 Å². The number of methoxy groups -OCH3 is 1. The molecule has 1 aromatic heterocycles. The van der Waals surface area contributed by atoms with Crippen LogP contribution in [0.25, 0.3) is 0 Å². The van der Waals surface area contributed by atoms with Crippen LogP contribution in [-0.2, 0) is 0 Å². The lowest BCUT2D eigenvalue weighted by atomic mass is 9.93. The number of hydrogen-bond donors (Lipinski definition) is 0. The van der Waals surface area contributed by atoms with Crippen LogP contribution >= 0.6 is 0 Å². The summed E-state index contributed by atoms with van der Waals surface area (Å²) in [4.78, 5) is 22.6. The van der Waals surface area contributed by atoms with Crippen molar-refractivity contribution in [2.45, 2.75) is 31.2 Å². The number of aromatic nitrogens is 2. The van der Waals surface area contributed by atoms with Crippen LogP contribution < -0.4 is 4.74 Å². The minimum Gasteiger partial charge on any atom is -0.467 e. The average Bonchev–Trinajstić information content (AvgIpc) is 3.11. The quantitative estimate of drug-likeness (QED) is 0.871. The molecule has 2 atom stereocenters. The van der Waals surface area contributed by atoms with Crippen molar-refractivity contribution in [3.8, 4) is 6.01 Å². The van der Waals surface area contributed by atoms with E-state index in [9.17, 15) is 4.79 Å². The van der Waals surface area contributed by atoms with Gasteiger partial charge in [-0.3, -0.25) is 4.79 Å². The van der Waals surface area contributed by atoms with E-state index in [2.05, 4.69) is 34.2 Å². The second-order valence-corrected chi connectivity index (χ2v) is 5.89. The van der Waals surface area contributed by atoms with E-state index in [0.29, 0.717) is 11.5 Å². The highest BCUT2D eigenvalue weighted by Gasteiger charge is 2.34. The van der Waals surface area contributed by atoms with Crippen LogP contribution in [-0.4, -0.2) is 41.0 Å². The molecule has 3 rings (SSSR count). The topological polar surface area (TPSA) is 55.3 Å². The third-order valence-electron chi connectivity index (χ3n) is 4.58. The van der Waals surface area contributed by atoms with Crippen molar-refractivity contribution in [1.29, 1.82) is 0 Å². The summed E-state index contributed by atoms with van der Waals surface area (Å²) in [5, 5.41) is 0. The Morgan fingerprint density at radius 3 is 2.52 bits per heavy atom. The Morgan fingerprint density at radius 2 is 1.87 bits per heavy atom. The average molecular weight is 311 g/mol. The number of benzene rings is 1. The summed E-state index contributed by atoms with van der Waals surface area (Å²) in [6, 6.07) is 10.9. The fraction of sp³-hybridized carbons (Fsp3) is 0.389. The molecule has 0 aliphatic heterocycles. The summed E-state index contributed by atoms with van der Waals surface area (Å²) >= 11 is 0. The SMILES string of the molecule is COc1ncc(C(=O)N(C)C2CCCC2c2ccccc2)cn1. The highest BCUT2D eigenvalue weighted by atomic mass is 16.5. The van der Waals surface area contributed by atoms with Crippen LogP contribution in [0.15, 0.2) is 42.7 Å². The molecule has 0 N–H and O–H groups in total. The van der Waals surface area contributed by atoms with Gasteiger partial charge in [-0.1, -0.05) is 36.8 Å². The molecule has 0 spiro atoms. The second-order valence-electron chi connectivity index (χ2n) is 5.89. The van der Waals surface area contributed by atoms with E-state index in [-0.39, 0.29) is 18.0 Å². The van der Waals surface area contributed by atoms with Gasteiger partial charge in [0.1, 0.15) is 0 Å². The molecule has 1 aliphatic rings. The smallest absolute Gasteiger partial charge is 0.316 e. The van der Waals surface area contributed by atoms with E-state index in [1.807, 2.05) is 18.0 Å². The van der Waals surface area contributed by atoms with Gasteiger partial charge in [-0.15, -0.1) is 0 Å². The Kier molecular flexibility index (Phi) is 4.55.